The molecule has 1 saturated carbocycles. The van der Waals surface area contributed by atoms with E-state index in [-0.39, 0.29) is 12.3 Å². The number of carbonyl (C=O) groups excluding carboxylic acids is 1. The zero-order valence-corrected chi connectivity index (χ0v) is 15.3. The largest absolute Gasteiger partial charge is 0.295 e. The van der Waals surface area contributed by atoms with Gasteiger partial charge in [0.25, 0.3) is 0 Å². The Bertz CT molecular complexity index is 1020. The second-order valence-corrected chi connectivity index (χ2v) is 8.26. The van der Waals surface area contributed by atoms with Gasteiger partial charge in [0.1, 0.15) is 0 Å². The maximum Gasteiger partial charge on any atom is 0.249 e. The van der Waals surface area contributed by atoms with Crippen molar-refractivity contribution in [2.24, 2.45) is 0 Å². The molecule has 0 radical (unpaired) electrons. The molecule has 2 aromatic rings. The Kier molecular flexibility index (Phi) is 5.28. The third-order valence-corrected chi connectivity index (χ3v) is 6.31. The first-order valence-electron chi connectivity index (χ1n) is 8.18. The van der Waals surface area contributed by atoms with Gasteiger partial charge in [0, 0.05) is 18.2 Å². The highest BCUT2D eigenvalue weighted by atomic mass is 32.2. The molecule has 0 saturated heterocycles. The van der Waals surface area contributed by atoms with Crippen LogP contribution in [0.15, 0.2) is 29.2 Å². The molecule has 4 nitrogen and oxygen atoms in total. The van der Waals surface area contributed by atoms with Gasteiger partial charge in [-0.15, -0.1) is 0 Å². The van der Waals surface area contributed by atoms with Gasteiger partial charge in [-0.1, -0.05) is 24.3 Å². The van der Waals surface area contributed by atoms with Crippen LogP contribution < -0.4 is 0 Å². The summed E-state index contributed by atoms with van der Waals surface area (Å²) in [5.74, 6) is -12.1. The Morgan fingerprint density at radius 3 is 1.82 bits per heavy atom. The van der Waals surface area contributed by atoms with E-state index in [1.54, 1.807) is 0 Å². The Labute approximate surface area is 157 Å². The average molecular weight is 419 g/mol. The lowest BCUT2D eigenvalue weighted by atomic mass is 10.1. The number of hydrogen-bond donors (Lipinski definition) is 0. The average Bonchev–Trinajstić information content (AvgIpc) is 3.48. The van der Waals surface area contributed by atoms with Crippen LogP contribution in [0.25, 0.3) is 0 Å². The number of halogens is 5. The molecular weight excluding hydrogens is 405 g/mol. The summed E-state index contributed by atoms with van der Waals surface area (Å²) in [5.41, 5.74) is 0.772. The number of sulfonamides is 1. The molecule has 3 rings (SSSR count). The van der Waals surface area contributed by atoms with Crippen LogP contribution in [0.5, 0.6) is 0 Å². The third-order valence-electron chi connectivity index (χ3n) is 4.39. The van der Waals surface area contributed by atoms with Crippen molar-refractivity contribution in [2.75, 3.05) is 0 Å². The molecule has 1 fully saturated rings. The minimum atomic E-state index is -5.02. The van der Waals surface area contributed by atoms with Crippen molar-refractivity contribution in [3.05, 3.63) is 64.5 Å². The molecule has 0 atom stereocenters. The van der Waals surface area contributed by atoms with Crippen LogP contribution in [0.1, 0.15) is 35.7 Å². The molecule has 0 N–H and O–H groups in total. The minimum Gasteiger partial charge on any atom is -0.295 e. The van der Waals surface area contributed by atoms with Crippen molar-refractivity contribution in [3.63, 3.8) is 0 Å². The van der Waals surface area contributed by atoms with Gasteiger partial charge in [0.2, 0.25) is 15.8 Å². The molecular formula is C18H14F5NO3S. The number of carbonyl (C=O) groups is 1. The zero-order valence-electron chi connectivity index (χ0n) is 14.5. The molecule has 10 heteroatoms. The summed E-state index contributed by atoms with van der Waals surface area (Å²) in [5, 5.41) is 0. The summed E-state index contributed by atoms with van der Waals surface area (Å²) in [6, 6.07) is 5.20. The molecule has 150 valence electrons. The van der Waals surface area contributed by atoms with Crippen LogP contribution in [0.2, 0.25) is 0 Å². The predicted molar refractivity (Wildman–Crippen MR) is 88.4 cm³/mol. The van der Waals surface area contributed by atoms with Crippen LogP contribution in [0.4, 0.5) is 22.0 Å². The van der Waals surface area contributed by atoms with Gasteiger partial charge in [-0.2, -0.15) is 4.31 Å². The predicted octanol–water partition coefficient (Wildman–Crippen LogP) is 3.94. The van der Waals surface area contributed by atoms with Gasteiger partial charge < -0.3 is 0 Å². The van der Waals surface area contributed by atoms with Gasteiger partial charge in [0.15, 0.2) is 33.9 Å². The van der Waals surface area contributed by atoms with Gasteiger partial charge in [-0.25, -0.2) is 30.4 Å². The molecule has 1 aliphatic carbocycles. The lowest BCUT2D eigenvalue weighted by Gasteiger charge is -2.23. The molecule has 28 heavy (non-hydrogen) atoms. The summed E-state index contributed by atoms with van der Waals surface area (Å²) in [6.45, 7) is 1.00. The fourth-order valence-electron chi connectivity index (χ4n) is 2.73. The maximum absolute atomic E-state index is 14.1. The van der Waals surface area contributed by atoms with E-state index in [1.165, 1.54) is 31.2 Å². The number of nitrogens with zero attached hydrogens (tertiary/aromatic N) is 1. The standard InChI is InChI=1S/C18H14F5NO3S/c1-9(25)11-4-2-10(3-5-11)8-24(12-6-7-12)28(26,27)18-16(22)14(20)13(19)15(21)17(18)23/h2-5,12H,6-8H2,1H3. The van der Waals surface area contributed by atoms with Gasteiger partial charge in [0.05, 0.1) is 0 Å². The van der Waals surface area contributed by atoms with E-state index in [9.17, 15) is 35.2 Å². The maximum atomic E-state index is 14.1. The third kappa shape index (κ3) is 3.53. The van der Waals surface area contributed by atoms with E-state index < -0.39 is 50.0 Å². The molecule has 0 unspecified atom stereocenters. The van der Waals surface area contributed by atoms with Gasteiger partial charge >= 0.3 is 0 Å². The Hall–Kier alpha value is -2.33. The first-order chi connectivity index (χ1) is 13.1. The van der Waals surface area contributed by atoms with Crippen molar-refractivity contribution in [3.8, 4) is 0 Å². The van der Waals surface area contributed by atoms with Crippen molar-refractivity contribution < 1.29 is 35.2 Å². The van der Waals surface area contributed by atoms with Crippen LogP contribution in [-0.2, 0) is 16.6 Å². The molecule has 1 aliphatic rings. The van der Waals surface area contributed by atoms with Crippen LogP contribution >= 0.6 is 0 Å². The lowest BCUT2D eigenvalue weighted by Crippen LogP contribution is -2.34. The van der Waals surface area contributed by atoms with E-state index >= 15 is 0 Å². The first-order valence-corrected chi connectivity index (χ1v) is 9.62. The van der Waals surface area contributed by atoms with Crippen LogP contribution in [0.3, 0.4) is 0 Å². The molecule has 0 spiro atoms. The smallest absolute Gasteiger partial charge is 0.249 e. The number of rotatable bonds is 6. The van der Waals surface area contributed by atoms with Crippen LogP contribution in [0, 0.1) is 29.1 Å². The summed E-state index contributed by atoms with van der Waals surface area (Å²) in [6.07, 6.45) is 0.778. The van der Waals surface area contributed by atoms with Crippen molar-refractivity contribution in [2.45, 2.75) is 37.2 Å². The highest BCUT2D eigenvalue weighted by molar-refractivity contribution is 7.89. The second-order valence-electron chi connectivity index (χ2n) is 6.43. The minimum absolute atomic E-state index is 0.209. The van der Waals surface area contributed by atoms with Gasteiger partial charge in [-0.3, -0.25) is 4.79 Å². The summed E-state index contributed by atoms with van der Waals surface area (Å²) >= 11 is 0. The van der Waals surface area contributed by atoms with Gasteiger partial charge in [-0.05, 0) is 25.3 Å². The molecule has 0 aliphatic heterocycles. The normalized spacial score (nSPS) is 14.5. The van der Waals surface area contributed by atoms with E-state index in [2.05, 4.69) is 0 Å². The van der Waals surface area contributed by atoms with Crippen molar-refractivity contribution in [1.82, 2.24) is 4.31 Å². The topological polar surface area (TPSA) is 54.5 Å². The Morgan fingerprint density at radius 2 is 1.39 bits per heavy atom. The SMILES string of the molecule is CC(=O)c1ccc(CN(C2CC2)S(=O)(=O)c2c(F)c(F)c(F)c(F)c2F)cc1. The Morgan fingerprint density at radius 1 is 0.929 bits per heavy atom. The molecule has 0 bridgehead atoms. The molecule has 2 aromatic carbocycles. The number of Topliss-reactive ketones (excluding diaryl/α,β-unsaturated/α-hetero) is 1. The second kappa shape index (κ2) is 7.25. The summed E-state index contributed by atoms with van der Waals surface area (Å²) in [4.78, 5) is 9.45. The van der Waals surface area contributed by atoms with Crippen molar-refractivity contribution in [1.29, 1.82) is 0 Å². The first kappa shape index (κ1) is 20.4. The molecule has 0 heterocycles. The fraction of sp³-hybridized carbons (Fsp3) is 0.278. The highest BCUT2D eigenvalue weighted by Gasteiger charge is 2.43. The van der Waals surface area contributed by atoms with Crippen molar-refractivity contribution >= 4 is 15.8 Å². The van der Waals surface area contributed by atoms with E-state index in [1.807, 2.05) is 0 Å². The van der Waals surface area contributed by atoms with Crippen LogP contribution in [-0.4, -0.2) is 24.5 Å². The van der Waals surface area contributed by atoms with E-state index in [0.717, 1.165) is 0 Å². The number of hydrogen-bond acceptors (Lipinski definition) is 3. The summed E-state index contributed by atoms with van der Waals surface area (Å²) in [7, 11) is -5.02. The number of ketones is 1. The van der Waals surface area contributed by atoms with E-state index in [0.29, 0.717) is 28.3 Å². The molecule has 0 amide bonds. The number of benzene rings is 2. The van der Waals surface area contributed by atoms with E-state index in [4.69, 9.17) is 0 Å². The Balaban J connectivity index is 2.04. The lowest BCUT2D eigenvalue weighted by molar-refractivity contribution is 0.101. The fourth-order valence-corrected chi connectivity index (χ4v) is 4.52. The molecule has 0 aromatic heterocycles. The summed E-state index contributed by atoms with van der Waals surface area (Å²) < 4.78 is 94.6. The monoisotopic (exact) mass is 419 g/mol. The zero-order chi connectivity index (χ0) is 20.8. The quantitative estimate of drug-likeness (QED) is 0.309. The highest BCUT2D eigenvalue weighted by Crippen LogP contribution is 2.36.